The van der Waals surface area contributed by atoms with E-state index in [-0.39, 0.29) is 35.3 Å². The quantitative estimate of drug-likeness (QED) is 0.319. The predicted octanol–water partition coefficient (Wildman–Crippen LogP) is -3.12. The molecule has 0 atom stereocenters. The Morgan fingerprint density at radius 3 is 2.56 bits per heavy atom. The molecular weight excluding hydrogens is 147 g/mol. The minimum atomic E-state index is -0.969. The van der Waals surface area contributed by atoms with E-state index >= 15 is 0 Å². The standard InChI is InChI=1S/C5H10O2S.Na/c1-2-3-8-4-5(6)7;/h2-4H2,1H3,(H,6,7);/q;+1/p-1. The molecule has 0 aliphatic heterocycles. The van der Waals surface area contributed by atoms with Crippen LogP contribution in [0.5, 0.6) is 0 Å². The summed E-state index contributed by atoms with van der Waals surface area (Å²) in [6, 6.07) is 0. The molecule has 0 radical (unpaired) electrons. The number of carboxylic acid groups (broad SMARTS) is 1. The molecule has 0 aliphatic rings. The van der Waals surface area contributed by atoms with Gasteiger partial charge in [-0.1, -0.05) is 6.92 Å². The third kappa shape index (κ3) is 12.1. The summed E-state index contributed by atoms with van der Waals surface area (Å²) in [7, 11) is 0. The van der Waals surface area contributed by atoms with E-state index in [0.717, 1.165) is 12.2 Å². The number of hydrogen-bond acceptors (Lipinski definition) is 3. The summed E-state index contributed by atoms with van der Waals surface area (Å²) >= 11 is 1.40. The largest absolute Gasteiger partial charge is 1.00 e. The van der Waals surface area contributed by atoms with Crippen molar-refractivity contribution in [1.82, 2.24) is 0 Å². The summed E-state index contributed by atoms with van der Waals surface area (Å²) < 4.78 is 0. The van der Waals surface area contributed by atoms with Gasteiger partial charge in [0.15, 0.2) is 0 Å². The van der Waals surface area contributed by atoms with Gasteiger partial charge in [0, 0.05) is 5.75 Å². The number of carboxylic acids is 1. The minimum absolute atomic E-state index is 0. The molecule has 9 heavy (non-hydrogen) atoms. The van der Waals surface area contributed by atoms with E-state index in [9.17, 15) is 9.90 Å². The number of aliphatic carboxylic acids is 1. The molecule has 4 heteroatoms. The minimum Gasteiger partial charge on any atom is -0.549 e. The Balaban J connectivity index is 0. The fourth-order valence-electron chi connectivity index (χ4n) is 0.300. The average molecular weight is 156 g/mol. The number of rotatable bonds is 4. The van der Waals surface area contributed by atoms with Gasteiger partial charge in [0.25, 0.3) is 0 Å². The van der Waals surface area contributed by atoms with E-state index in [4.69, 9.17) is 0 Å². The van der Waals surface area contributed by atoms with E-state index in [1.165, 1.54) is 11.8 Å². The van der Waals surface area contributed by atoms with Crippen LogP contribution in [0.1, 0.15) is 13.3 Å². The van der Waals surface area contributed by atoms with E-state index in [1.807, 2.05) is 6.92 Å². The van der Waals surface area contributed by atoms with Crippen LogP contribution < -0.4 is 34.7 Å². The summed E-state index contributed by atoms with van der Waals surface area (Å²) in [6.07, 6.45) is 1.03. The van der Waals surface area contributed by atoms with Gasteiger partial charge in [-0.15, -0.1) is 0 Å². The van der Waals surface area contributed by atoms with Crippen molar-refractivity contribution in [3.8, 4) is 0 Å². The van der Waals surface area contributed by atoms with Crippen LogP contribution in [0.3, 0.4) is 0 Å². The molecule has 48 valence electrons. The molecule has 2 nitrogen and oxygen atoms in total. The first-order valence-electron chi connectivity index (χ1n) is 2.55. The third-order valence-electron chi connectivity index (χ3n) is 0.568. The molecule has 0 N–H and O–H groups in total. The zero-order valence-electron chi connectivity index (χ0n) is 5.85. The zero-order chi connectivity index (χ0) is 6.41. The molecule has 0 saturated heterocycles. The summed E-state index contributed by atoms with van der Waals surface area (Å²) in [4.78, 5) is 9.74. The Morgan fingerprint density at radius 1 is 1.67 bits per heavy atom. The topological polar surface area (TPSA) is 40.1 Å². The normalized spacial score (nSPS) is 8.11. The predicted molar refractivity (Wildman–Crippen MR) is 32.6 cm³/mol. The van der Waals surface area contributed by atoms with Gasteiger partial charge >= 0.3 is 29.6 Å². The van der Waals surface area contributed by atoms with E-state index < -0.39 is 5.97 Å². The summed E-state index contributed by atoms with van der Waals surface area (Å²) in [5, 5.41) is 9.74. The monoisotopic (exact) mass is 156 g/mol. The second-order valence-electron chi connectivity index (χ2n) is 1.42. The number of thioether (sulfide) groups is 1. The number of carbonyl (C=O) groups excluding carboxylic acids is 1. The van der Waals surface area contributed by atoms with Gasteiger partial charge in [-0.25, -0.2) is 0 Å². The molecule has 0 heterocycles. The molecule has 0 aliphatic carbocycles. The van der Waals surface area contributed by atoms with E-state index in [0.29, 0.717) is 0 Å². The maximum absolute atomic E-state index is 9.74. The third-order valence-corrected chi connectivity index (χ3v) is 1.71. The molecule has 0 amide bonds. The van der Waals surface area contributed by atoms with Crippen molar-refractivity contribution in [2.45, 2.75) is 13.3 Å². The SMILES string of the molecule is CCCSCC(=O)[O-].[Na+]. The van der Waals surface area contributed by atoms with Crippen molar-refractivity contribution in [3.05, 3.63) is 0 Å². The van der Waals surface area contributed by atoms with Crippen LogP contribution in [0.25, 0.3) is 0 Å². The number of carbonyl (C=O) groups is 1. The summed E-state index contributed by atoms with van der Waals surface area (Å²) in [5.74, 6) is 0.0744. The van der Waals surface area contributed by atoms with Crippen molar-refractivity contribution in [2.24, 2.45) is 0 Å². The van der Waals surface area contributed by atoms with Gasteiger partial charge in [-0.3, -0.25) is 0 Å². The average Bonchev–Trinajstić information content (AvgIpc) is 1.66. The zero-order valence-corrected chi connectivity index (χ0v) is 8.66. The maximum atomic E-state index is 9.74. The second kappa shape index (κ2) is 8.82. The first-order valence-corrected chi connectivity index (χ1v) is 3.70. The van der Waals surface area contributed by atoms with Gasteiger partial charge < -0.3 is 9.90 Å². The van der Waals surface area contributed by atoms with Gasteiger partial charge in [0.2, 0.25) is 0 Å². The summed E-state index contributed by atoms with van der Waals surface area (Å²) in [6.45, 7) is 2.02. The van der Waals surface area contributed by atoms with Crippen molar-refractivity contribution in [1.29, 1.82) is 0 Å². The van der Waals surface area contributed by atoms with Crippen molar-refractivity contribution < 1.29 is 39.5 Å². The molecule has 0 bridgehead atoms. The Bertz CT molecular complexity index is 77.4. The van der Waals surface area contributed by atoms with E-state index in [1.54, 1.807) is 0 Å². The Labute approximate surface area is 81.7 Å². The maximum Gasteiger partial charge on any atom is 1.00 e. The van der Waals surface area contributed by atoms with Gasteiger partial charge in [0.1, 0.15) is 0 Å². The molecule has 0 unspecified atom stereocenters. The van der Waals surface area contributed by atoms with Gasteiger partial charge in [0.05, 0.1) is 5.97 Å². The fourth-order valence-corrected chi connectivity index (χ4v) is 0.900. The summed E-state index contributed by atoms with van der Waals surface area (Å²) in [5.41, 5.74) is 0. The van der Waals surface area contributed by atoms with Crippen LogP contribution in [0.2, 0.25) is 0 Å². The second-order valence-corrected chi connectivity index (χ2v) is 2.53. The fraction of sp³-hybridized carbons (Fsp3) is 0.800. The molecule has 0 aromatic rings. The number of hydrogen-bond donors (Lipinski definition) is 0. The molecule has 0 fully saturated rings. The Morgan fingerprint density at radius 2 is 2.22 bits per heavy atom. The Hall–Kier alpha value is 0.820. The van der Waals surface area contributed by atoms with Crippen LogP contribution in [0.4, 0.5) is 0 Å². The molecule has 0 saturated carbocycles. The van der Waals surface area contributed by atoms with Crippen LogP contribution in [-0.4, -0.2) is 17.5 Å². The van der Waals surface area contributed by atoms with Crippen LogP contribution >= 0.6 is 11.8 Å². The molecule has 0 rings (SSSR count). The van der Waals surface area contributed by atoms with Gasteiger partial charge in [-0.2, -0.15) is 11.8 Å². The van der Waals surface area contributed by atoms with Crippen molar-refractivity contribution in [3.63, 3.8) is 0 Å². The molecular formula is C5H9NaO2S. The van der Waals surface area contributed by atoms with Crippen LogP contribution in [0, 0.1) is 0 Å². The smallest absolute Gasteiger partial charge is 0.549 e. The molecule has 0 aromatic carbocycles. The van der Waals surface area contributed by atoms with Crippen LogP contribution in [0.15, 0.2) is 0 Å². The molecule has 0 spiro atoms. The van der Waals surface area contributed by atoms with Gasteiger partial charge in [-0.05, 0) is 12.2 Å². The van der Waals surface area contributed by atoms with Crippen molar-refractivity contribution in [2.75, 3.05) is 11.5 Å². The van der Waals surface area contributed by atoms with Crippen LogP contribution in [-0.2, 0) is 4.79 Å². The van der Waals surface area contributed by atoms with E-state index in [2.05, 4.69) is 0 Å². The van der Waals surface area contributed by atoms with Crippen molar-refractivity contribution >= 4 is 17.7 Å². The first kappa shape index (κ1) is 12.5. The molecule has 0 aromatic heterocycles. The Kier molecular flexibility index (Phi) is 12.2. The first-order chi connectivity index (χ1) is 3.77.